The number of likely N-dealkylation sites (N-methyl/N-ethyl adjacent to an activating group) is 1. The summed E-state index contributed by atoms with van der Waals surface area (Å²) in [5.41, 5.74) is 0. The summed E-state index contributed by atoms with van der Waals surface area (Å²) < 4.78 is 0. The maximum absolute atomic E-state index is 12.0. The van der Waals surface area contributed by atoms with Crippen LogP contribution in [0.5, 0.6) is 0 Å². The molecule has 1 unspecified atom stereocenters. The third-order valence-corrected chi connectivity index (χ3v) is 4.27. The molecule has 1 amide bonds. The number of rotatable bonds is 3. The first-order valence-corrected chi connectivity index (χ1v) is 6.92. The van der Waals surface area contributed by atoms with Crippen LogP contribution in [0.3, 0.4) is 0 Å². The molecule has 1 aliphatic carbocycles. The van der Waals surface area contributed by atoms with E-state index in [0.29, 0.717) is 0 Å². The Morgan fingerprint density at radius 3 is 2.29 bits per heavy atom. The minimum Gasteiger partial charge on any atom is -0.339 e. The van der Waals surface area contributed by atoms with Crippen LogP contribution >= 0.6 is 0 Å². The van der Waals surface area contributed by atoms with E-state index in [1.54, 1.807) is 0 Å². The molecule has 0 aromatic rings. The van der Waals surface area contributed by atoms with Gasteiger partial charge in [-0.15, -0.1) is 0 Å². The van der Waals surface area contributed by atoms with Gasteiger partial charge >= 0.3 is 0 Å². The van der Waals surface area contributed by atoms with Gasteiger partial charge in [-0.1, -0.05) is 12.8 Å². The number of amides is 1. The van der Waals surface area contributed by atoms with Crippen molar-refractivity contribution in [3.8, 4) is 0 Å². The van der Waals surface area contributed by atoms with Crippen LogP contribution in [0.2, 0.25) is 0 Å². The predicted octanol–water partition coefficient (Wildman–Crippen LogP) is 0.681. The zero-order valence-electron chi connectivity index (χ0n) is 11.1. The van der Waals surface area contributed by atoms with E-state index in [1.807, 2.05) is 18.9 Å². The van der Waals surface area contributed by atoms with Crippen LogP contribution in [-0.4, -0.2) is 61.0 Å². The zero-order chi connectivity index (χ0) is 12.3. The second kappa shape index (κ2) is 5.83. The number of hydrogen-bond acceptors (Lipinski definition) is 3. The SMILES string of the molecule is CNC(C)C(=O)N1CCN(C2CCCC2)CC1. The van der Waals surface area contributed by atoms with E-state index in [0.717, 1.165) is 32.2 Å². The number of carbonyl (C=O) groups is 1. The number of hydrogen-bond donors (Lipinski definition) is 1. The molecule has 1 heterocycles. The molecular formula is C13H25N3O. The van der Waals surface area contributed by atoms with Gasteiger partial charge in [-0.2, -0.15) is 0 Å². The van der Waals surface area contributed by atoms with Gasteiger partial charge in [0.1, 0.15) is 0 Å². The molecule has 17 heavy (non-hydrogen) atoms. The van der Waals surface area contributed by atoms with Gasteiger partial charge in [0.05, 0.1) is 6.04 Å². The largest absolute Gasteiger partial charge is 0.339 e. The molecule has 1 N–H and O–H groups in total. The Hall–Kier alpha value is -0.610. The van der Waals surface area contributed by atoms with Crippen molar-refractivity contribution >= 4 is 5.91 Å². The Morgan fingerprint density at radius 2 is 1.76 bits per heavy atom. The van der Waals surface area contributed by atoms with Gasteiger partial charge in [0.15, 0.2) is 0 Å². The summed E-state index contributed by atoms with van der Waals surface area (Å²) in [7, 11) is 1.84. The minimum atomic E-state index is -0.0481. The highest BCUT2D eigenvalue weighted by Crippen LogP contribution is 2.24. The van der Waals surface area contributed by atoms with Crippen molar-refractivity contribution in [3.63, 3.8) is 0 Å². The first kappa shape index (κ1) is 12.8. The lowest BCUT2D eigenvalue weighted by Gasteiger charge is -2.38. The van der Waals surface area contributed by atoms with Crippen molar-refractivity contribution in [2.24, 2.45) is 0 Å². The highest BCUT2D eigenvalue weighted by molar-refractivity contribution is 5.81. The summed E-state index contributed by atoms with van der Waals surface area (Å²) in [6, 6.07) is 0.752. The molecular weight excluding hydrogens is 214 g/mol. The first-order valence-electron chi connectivity index (χ1n) is 6.92. The Bertz CT molecular complexity index is 255. The fourth-order valence-corrected chi connectivity index (χ4v) is 2.97. The molecule has 1 atom stereocenters. The van der Waals surface area contributed by atoms with E-state index < -0.39 is 0 Å². The second-order valence-corrected chi connectivity index (χ2v) is 5.31. The number of nitrogens with zero attached hydrogens (tertiary/aromatic N) is 2. The van der Waals surface area contributed by atoms with Gasteiger partial charge in [0, 0.05) is 32.2 Å². The van der Waals surface area contributed by atoms with E-state index in [-0.39, 0.29) is 11.9 Å². The van der Waals surface area contributed by atoms with Gasteiger partial charge in [0.25, 0.3) is 0 Å². The van der Waals surface area contributed by atoms with Crippen LogP contribution in [0.15, 0.2) is 0 Å². The Balaban J connectivity index is 1.79. The fourth-order valence-electron chi connectivity index (χ4n) is 2.97. The van der Waals surface area contributed by atoms with Gasteiger partial charge in [-0.05, 0) is 26.8 Å². The van der Waals surface area contributed by atoms with Gasteiger partial charge in [0.2, 0.25) is 5.91 Å². The van der Waals surface area contributed by atoms with Gasteiger partial charge in [-0.3, -0.25) is 9.69 Å². The van der Waals surface area contributed by atoms with Crippen LogP contribution in [-0.2, 0) is 4.79 Å². The van der Waals surface area contributed by atoms with Crippen molar-refractivity contribution in [1.29, 1.82) is 0 Å². The van der Waals surface area contributed by atoms with Crippen LogP contribution in [0, 0.1) is 0 Å². The molecule has 4 heteroatoms. The molecule has 2 rings (SSSR count). The molecule has 0 aromatic carbocycles. The van der Waals surface area contributed by atoms with Crippen molar-refractivity contribution in [1.82, 2.24) is 15.1 Å². The molecule has 0 spiro atoms. The highest BCUT2D eigenvalue weighted by atomic mass is 16.2. The van der Waals surface area contributed by atoms with Crippen LogP contribution in [0.1, 0.15) is 32.6 Å². The second-order valence-electron chi connectivity index (χ2n) is 5.31. The number of piperazine rings is 1. The van der Waals surface area contributed by atoms with Crippen LogP contribution < -0.4 is 5.32 Å². The molecule has 0 aromatic heterocycles. The smallest absolute Gasteiger partial charge is 0.239 e. The summed E-state index contributed by atoms with van der Waals surface area (Å²) in [6.45, 7) is 5.87. The van der Waals surface area contributed by atoms with Crippen molar-refractivity contribution < 1.29 is 4.79 Å². The molecule has 0 bridgehead atoms. The van der Waals surface area contributed by atoms with E-state index in [9.17, 15) is 4.79 Å². The molecule has 1 saturated carbocycles. The molecule has 2 fully saturated rings. The Kier molecular flexibility index (Phi) is 4.40. The monoisotopic (exact) mass is 239 g/mol. The van der Waals surface area contributed by atoms with E-state index in [1.165, 1.54) is 25.7 Å². The summed E-state index contributed by atoms with van der Waals surface area (Å²) in [4.78, 5) is 16.6. The van der Waals surface area contributed by atoms with E-state index in [2.05, 4.69) is 10.2 Å². The average Bonchev–Trinajstić information content (AvgIpc) is 2.91. The highest BCUT2D eigenvalue weighted by Gasteiger charge is 2.28. The third-order valence-electron chi connectivity index (χ3n) is 4.27. The summed E-state index contributed by atoms with van der Waals surface area (Å²) in [5, 5.41) is 3.02. The quantitative estimate of drug-likeness (QED) is 0.787. The topological polar surface area (TPSA) is 35.6 Å². The van der Waals surface area contributed by atoms with Gasteiger partial charge in [-0.25, -0.2) is 0 Å². The predicted molar refractivity (Wildman–Crippen MR) is 68.9 cm³/mol. The summed E-state index contributed by atoms with van der Waals surface area (Å²) >= 11 is 0. The van der Waals surface area contributed by atoms with Crippen molar-refractivity contribution in [2.45, 2.75) is 44.7 Å². The van der Waals surface area contributed by atoms with E-state index >= 15 is 0 Å². The minimum absolute atomic E-state index is 0.0481. The Morgan fingerprint density at radius 1 is 1.18 bits per heavy atom. The molecule has 1 saturated heterocycles. The molecule has 2 aliphatic rings. The molecule has 1 aliphatic heterocycles. The average molecular weight is 239 g/mol. The van der Waals surface area contributed by atoms with Crippen molar-refractivity contribution in [2.75, 3.05) is 33.2 Å². The van der Waals surface area contributed by atoms with Crippen molar-refractivity contribution in [3.05, 3.63) is 0 Å². The lowest BCUT2D eigenvalue weighted by Crippen LogP contribution is -2.54. The standard InChI is InChI=1S/C13H25N3O/c1-11(14-2)13(17)16-9-7-15(8-10-16)12-5-3-4-6-12/h11-12,14H,3-10H2,1-2H3. The Labute approximate surface area is 104 Å². The normalized spacial score (nSPS) is 25.2. The maximum Gasteiger partial charge on any atom is 0.239 e. The molecule has 4 nitrogen and oxygen atoms in total. The fraction of sp³-hybridized carbons (Fsp3) is 0.923. The summed E-state index contributed by atoms with van der Waals surface area (Å²) in [6.07, 6.45) is 5.50. The third kappa shape index (κ3) is 2.99. The molecule has 98 valence electrons. The number of carbonyl (C=O) groups excluding carboxylic acids is 1. The molecule has 0 radical (unpaired) electrons. The van der Waals surface area contributed by atoms with Crippen LogP contribution in [0.4, 0.5) is 0 Å². The maximum atomic E-state index is 12.0. The lowest BCUT2D eigenvalue weighted by molar-refractivity contribution is -0.135. The van der Waals surface area contributed by atoms with Crippen LogP contribution in [0.25, 0.3) is 0 Å². The lowest BCUT2D eigenvalue weighted by atomic mass is 10.1. The zero-order valence-corrected chi connectivity index (χ0v) is 11.1. The first-order chi connectivity index (χ1) is 8.22. The summed E-state index contributed by atoms with van der Waals surface area (Å²) in [5.74, 6) is 0.249. The van der Waals surface area contributed by atoms with E-state index in [4.69, 9.17) is 0 Å². The van der Waals surface area contributed by atoms with Gasteiger partial charge < -0.3 is 10.2 Å². The number of nitrogens with one attached hydrogen (secondary N) is 1.